The molecule has 0 aromatic heterocycles. The van der Waals surface area contributed by atoms with E-state index in [9.17, 15) is 13.2 Å². The highest BCUT2D eigenvalue weighted by atomic mass is 19.2. The summed E-state index contributed by atoms with van der Waals surface area (Å²) in [5.41, 5.74) is 4.93. The van der Waals surface area contributed by atoms with Crippen LogP contribution in [-0.2, 0) is 4.74 Å². The van der Waals surface area contributed by atoms with Gasteiger partial charge in [-0.3, -0.25) is 10.1 Å². The number of hydrogen-bond donors (Lipinski definition) is 2. The molecule has 0 aromatic carbocycles. The van der Waals surface area contributed by atoms with E-state index in [1.165, 1.54) is 0 Å². The van der Waals surface area contributed by atoms with E-state index in [0.717, 1.165) is 0 Å². The zero-order chi connectivity index (χ0) is 11.0. The maximum Gasteiger partial charge on any atom is 0.213 e. The topological polar surface area (TPSA) is 55.5 Å². The number of aliphatic hydroxyl groups is 1. The van der Waals surface area contributed by atoms with Crippen LogP contribution in [0.5, 0.6) is 0 Å². The van der Waals surface area contributed by atoms with E-state index < -0.39 is 31.7 Å². The Morgan fingerprint density at radius 2 is 2.14 bits per heavy atom. The van der Waals surface area contributed by atoms with Crippen LogP contribution in [0.15, 0.2) is 0 Å². The van der Waals surface area contributed by atoms with E-state index in [1.54, 1.807) is 0 Å². The molecule has 0 aliphatic rings. The molecule has 0 rings (SSSR count). The Morgan fingerprint density at radius 1 is 1.50 bits per heavy atom. The van der Waals surface area contributed by atoms with Gasteiger partial charge in [0.2, 0.25) is 5.79 Å². The Morgan fingerprint density at radius 3 is 2.64 bits per heavy atom. The molecule has 2 unspecified atom stereocenters. The van der Waals surface area contributed by atoms with E-state index >= 15 is 0 Å². The van der Waals surface area contributed by atoms with Gasteiger partial charge in [-0.05, 0) is 6.42 Å². The third-order valence-electron chi connectivity index (χ3n) is 1.65. The van der Waals surface area contributed by atoms with Crippen LogP contribution >= 0.6 is 0 Å². The standard InChI is InChI=1S/C8H16F3NO2/c9-3-2-7(10)8(11,12)6-14-5-1-4-13/h7,13H,1-6,12H2. The first-order chi connectivity index (χ1) is 6.54. The molecule has 0 saturated heterocycles. The first kappa shape index (κ1) is 13.7. The lowest BCUT2D eigenvalue weighted by Crippen LogP contribution is -2.48. The Labute approximate surface area is 81.0 Å². The van der Waals surface area contributed by atoms with E-state index in [4.69, 9.17) is 10.8 Å². The molecule has 0 spiro atoms. The Balaban J connectivity index is 3.69. The van der Waals surface area contributed by atoms with Gasteiger partial charge in [0.1, 0.15) is 0 Å². The summed E-state index contributed by atoms with van der Waals surface area (Å²) in [4.78, 5) is 0. The summed E-state index contributed by atoms with van der Waals surface area (Å²) in [6.45, 7) is -1.58. The van der Waals surface area contributed by atoms with Crippen LogP contribution in [0.3, 0.4) is 0 Å². The van der Waals surface area contributed by atoms with Gasteiger partial charge in [0.25, 0.3) is 0 Å². The Hall–Kier alpha value is -0.330. The van der Waals surface area contributed by atoms with E-state index in [1.807, 2.05) is 0 Å². The number of hydrogen-bond acceptors (Lipinski definition) is 3. The normalized spacial score (nSPS) is 17.8. The predicted molar refractivity (Wildman–Crippen MR) is 46.0 cm³/mol. The van der Waals surface area contributed by atoms with Crippen molar-refractivity contribution in [2.75, 3.05) is 26.5 Å². The van der Waals surface area contributed by atoms with E-state index in [2.05, 4.69) is 4.74 Å². The molecular formula is C8H16F3NO2. The Bertz CT molecular complexity index is 147. The van der Waals surface area contributed by atoms with Crippen molar-refractivity contribution in [2.45, 2.75) is 24.8 Å². The van der Waals surface area contributed by atoms with Gasteiger partial charge in [0.05, 0.1) is 13.3 Å². The van der Waals surface area contributed by atoms with Crippen molar-refractivity contribution >= 4 is 0 Å². The largest absolute Gasteiger partial charge is 0.396 e. The lowest BCUT2D eigenvalue weighted by atomic mass is 10.1. The molecule has 3 N–H and O–H groups in total. The number of halogens is 3. The molecule has 14 heavy (non-hydrogen) atoms. The summed E-state index contributed by atoms with van der Waals surface area (Å²) in [5, 5.41) is 8.36. The lowest BCUT2D eigenvalue weighted by molar-refractivity contribution is -0.0381. The Kier molecular flexibility index (Phi) is 6.86. The average Bonchev–Trinajstić information content (AvgIpc) is 2.13. The summed E-state index contributed by atoms with van der Waals surface area (Å²) >= 11 is 0. The summed E-state index contributed by atoms with van der Waals surface area (Å²) in [6.07, 6.45) is -2.31. The number of rotatable bonds is 8. The monoisotopic (exact) mass is 215 g/mol. The highest BCUT2D eigenvalue weighted by molar-refractivity contribution is 4.80. The van der Waals surface area contributed by atoms with E-state index in [0.29, 0.717) is 6.42 Å². The summed E-state index contributed by atoms with van der Waals surface area (Å²) < 4.78 is 42.3. The van der Waals surface area contributed by atoms with Crippen LogP contribution in [0, 0.1) is 0 Å². The quantitative estimate of drug-likeness (QED) is 0.463. The molecule has 0 fully saturated rings. The molecule has 2 atom stereocenters. The molecule has 86 valence electrons. The maximum absolute atomic E-state index is 13.1. The second kappa shape index (κ2) is 7.03. The zero-order valence-corrected chi connectivity index (χ0v) is 7.89. The van der Waals surface area contributed by atoms with Gasteiger partial charge in [-0.25, -0.2) is 8.78 Å². The van der Waals surface area contributed by atoms with Gasteiger partial charge >= 0.3 is 0 Å². The molecule has 3 nitrogen and oxygen atoms in total. The summed E-state index contributed by atoms with van der Waals surface area (Å²) in [7, 11) is 0. The molecule has 0 amide bonds. The van der Waals surface area contributed by atoms with Gasteiger partial charge in [-0.15, -0.1) is 0 Å². The van der Waals surface area contributed by atoms with Crippen molar-refractivity contribution in [1.82, 2.24) is 0 Å². The predicted octanol–water partition coefficient (Wildman–Crippen LogP) is 0.708. The number of ether oxygens (including phenoxy) is 1. The second-order valence-corrected chi connectivity index (χ2v) is 3.00. The molecule has 0 heterocycles. The van der Waals surface area contributed by atoms with Crippen molar-refractivity contribution in [3.63, 3.8) is 0 Å². The SMILES string of the molecule is NC(F)(COCCCO)C(F)CCF. The molecule has 0 aromatic rings. The fourth-order valence-electron chi connectivity index (χ4n) is 0.821. The molecule has 0 saturated carbocycles. The highest BCUT2D eigenvalue weighted by Crippen LogP contribution is 2.17. The number of aliphatic hydroxyl groups excluding tert-OH is 1. The maximum atomic E-state index is 13.1. The van der Waals surface area contributed by atoms with Crippen LogP contribution in [0.2, 0.25) is 0 Å². The van der Waals surface area contributed by atoms with Gasteiger partial charge in [0, 0.05) is 19.6 Å². The van der Waals surface area contributed by atoms with Gasteiger partial charge < -0.3 is 9.84 Å². The van der Waals surface area contributed by atoms with Gasteiger partial charge in [-0.1, -0.05) is 0 Å². The van der Waals surface area contributed by atoms with Gasteiger partial charge in [0.15, 0.2) is 6.17 Å². The summed E-state index contributed by atoms with van der Waals surface area (Å²) in [5.74, 6) is -2.65. The third-order valence-corrected chi connectivity index (χ3v) is 1.65. The molecule has 0 radical (unpaired) electrons. The van der Waals surface area contributed by atoms with Gasteiger partial charge in [-0.2, -0.15) is 0 Å². The van der Waals surface area contributed by atoms with E-state index in [-0.39, 0.29) is 13.2 Å². The van der Waals surface area contributed by atoms with Crippen molar-refractivity contribution in [1.29, 1.82) is 0 Å². The first-order valence-corrected chi connectivity index (χ1v) is 4.41. The van der Waals surface area contributed by atoms with Crippen LogP contribution in [0.1, 0.15) is 12.8 Å². The fraction of sp³-hybridized carbons (Fsp3) is 1.00. The minimum absolute atomic E-state index is 0.0899. The van der Waals surface area contributed by atoms with Crippen LogP contribution < -0.4 is 5.73 Å². The van der Waals surface area contributed by atoms with Crippen LogP contribution in [0.25, 0.3) is 0 Å². The molecule has 0 aliphatic heterocycles. The minimum Gasteiger partial charge on any atom is -0.396 e. The van der Waals surface area contributed by atoms with Crippen molar-refractivity contribution in [3.05, 3.63) is 0 Å². The van der Waals surface area contributed by atoms with Crippen LogP contribution in [0.4, 0.5) is 13.2 Å². The lowest BCUT2D eigenvalue weighted by Gasteiger charge is -2.23. The molecular weight excluding hydrogens is 199 g/mol. The average molecular weight is 215 g/mol. The van der Waals surface area contributed by atoms with Crippen molar-refractivity contribution < 1.29 is 23.0 Å². The fourth-order valence-corrected chi connectivity index (χ4v) is 0.821. The summed E-state index contributed by atoms with van der Waals surface area (Å²) in [6, 6.07) is 0. The minimum atomic E-state index is -2.65. The van der Waals surface area contributed by atoms with Crippen molar-refractivity contribution in [2.24, 2.45) is 5.73 Å². The number of nitrogens with two attached hydrogens (primary N) is 1. The smallest absolute Gasteiger partial charge is 0.213 e. The van der Waals surface area contributed by atoms with Crippen LogP contribution in [-0.4, -0.2) is 43.6 Å². The third kappa shape index (κ3) is 5.41. The first-order valence-electron chi connectivity index (χ1n) is 4.41. The molecule has 0 aliphatic carbocycles. The zero-order valence-electron chi connectivity index (χ0n) is 7.89. The molecule has 0 bridgehead atoms. The highest BCUT2D eigenvalue weighted by Gasteiger charge is 2.35. The number of alkyl halides is 3. The second-order valence-electron chi connectivity index (χ2n) is 3.00. The van der Waals surface area contributed by atoms with Crippen molar-refractivity contribution in [3.8, 4) is 0 Å². The molecule has 6 heteroatoms.